The van der Waals surface area contributed by atoms with E-state index in [1.54, 1.807) is 14.1 Å². The summed E-state index contributed by atoms with van der Waals surface area (Å²) in [6.45, 7) is 4.29. The van der Waals surface area contributed by atoms with Gasteiger partial charge in [0.15, 0.2) is 0 Å². The number of rotatable bonds is 4. The first kappa shape index (κ1) is 17.0. The highest BCUT2D eigenvalue weighted by Gasteiger charge is 2.38. The number of aryl methyl sites for hydroxylation is 2. The minimum absolute atomic E-state index is 0.337. The van der Waals surface area contributed by atoms with Gasteiger partial charge in [-0.25, -0.2) is 9.97 Å². The summed E-state index contributed by atoms with van der Waals surface area (Å²) in [5.41, 5.74) is 3.18. The van der Waals surface area contributed by atoms with Crippen LogP contribution < -0.4 is 0 Å². The van der Waals surface area contributed by atoms with Crippen molar-refractivity contribution in [3.05, 3.63) is 29.3 Å². The molecule has 0 saturated carbocycles. The molecule has 0 amide bonds. The number of aromatic nitrogens is 4. The average Bonchev–Trinajstić information content (AvgIpc) is 3.15. The van der Waals surface area contributed by atoms with Gasteiger partial charge in [-0.3, -0.25) is 5.10 Å². The fourth-order valence-corrected chi connectivity index (χ4v) is 4.21. The zero-order valence-electron chi connectivity index (χ0n) is 14.3. The van der Waals surface area contributed by atoms with Crippen LogP contribution in [0.2, 0.25) is 0 Å². The lowest BCUT2D eigenvalue weighted by Crippen LogP contribution is -2.40. The summed E-state index contributed by atoms with van der Waals surface area (Å²) in [4.78, 5) is 9.10. The Bertz CT molecular complexity index is 845. The molecule has 0 bridgehead atoms. The molecule has 2 aromatic rings. The summed E-state index contributed by atoms with van der Waals surface area (Å²) in [6, 6.07) is 3.43. The minimum Gasteiger partial charge on any atom is -0.282 e. The highest BCUT2D eigenvalue weighted by molar-refractivity contribution is 7.86. The molecule has 0 radical (unpaired) electrons. The molecule has 1 saturated heterocycles. The summed E-state index contributed by atoms with van der Waals surface area (Å²) < 4.78 is 27.8. The largest absolute Gasteiger partial charge is 0.282 e. The second-order valence-corrected chi connectivity index (χ2v) is 8.34. The molecule has 1 aliphatic rings. The summed E-state index contributed by atoms with van der Waals surface area (Å²) in [7, 11) is -0.412. The first-order valence-electron chi connectivity index (χ1n) is 7.86. The third kappa shape index (κ3) is 3.06. The van der Waals surface area contributed by atoms with Crippen LogP contribution in [0.3, 0.4) is 0 Å². The lowest BCUT2D eigenvalue weighted by molar-refractivity contribution is 0.352. The molecule has 9 heteroatoms. The lowest BCUT2D eigenvalue weighted by atomic mass is 10.2. The molecular weight excluding hydrogens is 328 g/mol. The molecule has 0 spiro atoms. The molecule has 130 valence electrons. The van der Waals surface area contributed by atoms with Crippen LogP contribution in [0, 0.1) is 13.8 Å². The maximum Gasteiger partial charge on any atom is 0.282 e. The lowest BCUT2D eigenvalue weighted by Gasteiger charge is -2.26. The Labute approximate surface area is 142 Å². The molecule has 3 rings (SSSR count). The summed E-state index contributed by atoms with van der Waals surface area (Å²) in [5, 5.41) is 7.14. The number of H-pyrrole nitrogens is 1. The van der Waals surface area contributed by atoms with Crippen molar-refractivity contribution in [2.24, 2.45) is 0 Å². The maximum absolute atomic E-state index is 12.5. The van der Waals surface area contributed by atoms with Crippen molar-refractivity contribution >= 4 is 10.2 Å². The van der Waals surface area contributed by atoms with E-state index in [1.807, 2.05) is 26.0 Å². The Morgan fingerprint density at radius 3 is 2.58 bits per heavy atom. The number of hydrogen-bond donors (Lipinski definition) is 1. The fraction of sp³-hybridized carbons (Fsp3) is 0.533. The van der Waals surface area contributed by atoms with E-state index in [-0.39, 0.29) is 6.04 Å². The van der Waals surface area contributed by atoms with Crippen LogP contribution in [-0.2, 0) is 10.2 Å². The van der Waals surface area contributed by atoms with Gasteiger partial charge in [-0.1, -0.05) is 0 Å². The first-order chi connectivity index (χ1) is 11.3. The topological polar surface area (TPSA) is 95.1 Å². The minimum atomic E-state index is -3.50. The van der Waals surface area contributed by atoms with Gasteiger partial charge in [-0.2, -0.15) is 22.1 Å². The standard InChI is InChI=1S/C15H22N6O2S/c1-10-8-12(13-9-11(2)18-19-13)17-15(16-10)14-6-5-7-21(14)24(22,23)20(3)4/h8-9,14H,5-7H2,1-4H3,(H,18,19)/t14-/m0/s1. The Morgan fingerprint density at radius 2 is 1.96 bits per heavy atom. The zero-order valence-corrected chi connectivity index (χ0v) is 15.1. The molecular formula is C15H22N6O2S. The second kappa shape index (κ2) is 6.23. The van der Waals surface area contributed by atoms with Crippen molar-refractivity contribution in [2.45, 2.75) is 32.7 Å². The molecule has 8 nitrogen and oxygen atoms in total. The summed E-state index contributed by atoms with van der Waals surface area (Å²) >= 11 is 0. The average molecular weight is 350 g/mol. The predicted octanol–water partition coefficient (Wildman–Crippen LogP) is 1.43. The highest BCUT2D eigenvalue weighted by atomic mass is 32.2. The molecule has 1 fully saturated rings. The van der Waals surface area contributed by atoms with Crippen LogP contribution in [-0.4, -0.2) is 57.8 Å². The molecule has 0 aliphatic carbocycles. The number of aromatic amines is 1. The van der Waals surface area contributed by atoms with Crippen LogP contribution in [0.25, 0.3) is 11.4 Å². The van der Waals surface area contributed by atoms with Crippen LogP contribution in [0.4, 0.5) is 0 Å². The van der Waals surface area contributed by atoms with E-state index in [9.17, 15) is 8.42 Å². The molecule has 2 aromatic heterocycles. The molecule has 1 N–H and O–H groups in total. The van der Waals surface area contributed by atoms with Crippen molar-refractivity contribution in [3.63, 3.8) is 0 Å². The third-order valence-electron chi connectivity index (χ3n) is 4.10. The SMILES string of the molecule is Cc1cc(-c2cc(C)[nH]n2)nc([C@@H]2CCCN2S(=O)(=O)N(C)C)n1. The number of nitrogens with one attached hydrogen (secondary N) is 1. The van der Waals surface area contributed by atoms with E-state index >= 15 is 0 Å². The van der Waals surface area contributed by atoms with Gasteiger partial charge in [0.1, 0.15) is 11.5 Å². The Hall–Kier alpha value is -1.84. The summed E-state index contributed by atoms with van der Waals surface area (Å²) in [6.07, 6.45) is 1.52. The third-order valence-corrected chi connectivity index (χ3v) is 6.05. The van der Waals surface area contributed by atoms with Gasteiger partial charge in [0.2, 0.25) is 0 Å². The van der Waals surface area contributed by atoms with Crippen LogP contribution in [0.15, 0.2) is 12.1 Å². The predicted molar refractivity (Wildman–Crippen MR) is 90.4 cm³/mol. The smallest absolute Gasteiger partial charge is 0.282 e. The van der Waals surface area contributed by atoms with Gasteiger partial charge < -0.3 is 0 Å². The maximum atomic E-state index is 12.5. The normalized spacial score (nSPS) is 19.3. The van der Waals surface area contributed by atoms with Gasteiger partial charge in [0.25, 0.3) is 10.2 Å². The molecule has 0 unspecified atom stereocenters. The second-order valence-electron chi connectivity index (χ2n) is 6.25. The van der Waals surface area contributed by atoms with Crippen molar-refractivity contribution in [3.8, 4) is 11.4 Å². The zero-order chi connectivity index (χ0) is 17.5. The van der Waals surface area contributed by atoms with Crippen LogP contribution in [0.1, 0.15) is 36.1 Å². The van der Waals surface area contributed by atoms with Gasteiger partial charge in [0.05, 0.1) is 11.7 Å². The van der Waals surface area contributed by atoms with E-state index in [0.29, 0.717) is 18.1 Å². The summed E-state index contributed by atoms with van der Waals surface area (Å²) in [5.74, 6) is 0.536. The first-order valence-corrected chi connectivity index (χ1v) is 9.26. The monoisotopic (exact) mass is 350 g/mol. The van der Waals surface area contributed by atoms with Gasteiger partial charge in [-0.15, -0.1) is 0 Å². The van der Waals surface area contributed by atoms with Crippen molar-refractivity contribution in [1.29, 1.82) is 0 Å². The Kier molecular flexibility index (Phi) is 4.41. The van der Waals surface area contributed by atoms with E-state index in [4.69, 9.17) is 0 Å². The van der Waals surface area contributed by atoms with Crippen LogP contribution in [0.5, 0.6) is 0 Å². The Balaban J connectivity index is 2.01. The molecule has 0 aromatic carbocycles. The van der Waals surface area contributed by atoms with Gasteiger partial charge in [0, 0.05) is 32.0 Å². The molecule has 3 heterocycles. The van der Waals surface area contributed by atoms with Crippen LogP contribution >= 0.6 is 0 Å². The van der Waals surface area contributed by atoms with E-state index < -0.39 is 10.2 Å². The van der Waals surface area contributed by atoms with E-state index in [2.05, 4.69) is 20.2 Å². The Morgan fingerprint density at radius 1 is 1.21 bits per heavy atom. The molecule has 1 aliphatic heterocycles. The van der Waals surface area contributed by atoms with E-state index in [1.165, 1.54) is 8.61 Å². The van der Waals surface area contributed by atoms with Gasteiger partial charge >= 0.3 is 0 Å². The quantitative estimate of drug-likeness (QED) is 0.900. The van der Waals surface area contributed by atoms with Crippen molar-refractivity contribution in [2.75, 3.05) is 20.6 Å². The fourth-order valence-electron chi connectivity index (χ4n) is 2.91. The number of hydrogen-bond acceptors (Lipinski definition) is 5. The molecule has 24 heavy (non-hydrogen) atoms. The number of nitrogens with zero attached hydrogens (tertiary/aromatic N) is 5. The van der Waals surface area contributed by atoms with Crippen molar-refractivity contribution < 1.29 is 8.42 Å². The molecule has 1 atom stereocenters. The van der Waals surface area contributed by atoms with E-state index in [0.717, 1.165) is 29.9 Å². The van der Waals surface area contributed by atoms with Crippen molar-refractivity contribution in [1.82, 2.24) is 28.8 Å². The highest BCUT2D eigenvalue weighted by Crippen LogP contribution is 2.34. The van der Waals surface area contributed by atoms with Gasteiger partial charge in [-0.05, 0) is 38.8 Å².